The predicted octanol–water partition coefficient (Wildman–Crippen LogP) is 3.81. The molecule has 0 aliphatic carbocycles. The molecule has 1 atom stereocenters. The minimum absolute atomic E-state index is 0.161. The molecule has 1 N–H and O–H groups in total. The van der Waals surface area contributed by atoms with E-state index >= 15 is 0 Å². The summed E-state index contributed by atoms with van der Waals surface area (Å²) >= 11 is 1.18. The number of hydrogen-bond acceptors (Lipinski definition) is 8. The second kappa shape index (κ2) is 8.44. The van der Waals surface area contributed by atoms with Crippen molar-refractivity contribution in [1.82, 2.24) is 10.2 Å². The molecule has 0 unspecified atom stereocenters. The summed E-state index contributed by atoms with van der Waals surface area (Å²) in [4.78, 5) is 12.4. The Kier molecular flexibility index (Phi) is 5.57. The van der Waals surface area contributed by atoms with Crippen LogP contribution in [0.5, 0.6) is 17.2 Å². The maximum absolute atomic E-state index is 12.4. The van der Waals surface area contributed by atoms with E-state index in [1.165, 1.54) is 11.8 Å². The van der Waals surface area contributed by atoms with Crippen LogP contribution in [0.25, 0.3) is 0 Å². The van der Waals surface area contributed by atoms with Gasteiger partial charge in [0.2, 0.25) is 12.7 Å². The number of fused-ring (bicyclic) bond motifs is 1. The van der Waals surface area contributed by atoms with E-state index in [4.69, 9.17) is 18.6 Å². The van der Waals surface area contributed by atoms with Gasteiger partial charge in [0.1, 0.15) is 5.75 Å². The van der Waals surface area contributed by atoms with Crippen molar-refractivity contribution in [3.8, 4) is 17.2 Å². The first-order chi connectivity index (χ1) is 14.1. The smallest absolute Gasteiger partial charge is 0.277 e. The number of hydrogen-bond donors (Lipinski definition) is 1. The number of nitrogens with one attached hydrogen (secondary N) is 1. The van der Waals surface area contributed by atoms with E-state index in [1.807, 2.05) is 31.2 Å². The molecule has 1 aliphatic heterocycles. The summed E-state index contributed by atoms with van der Waals surface area (Å²) in [6.45, 7) is 4.10. The lowest BCUT2D eigenvalue weighted by atomic mass is 10.2. The summed E-state index contributed by atoms with van der Waals surface area (Å²) in [5.41, 5.74) is 1.73. The zero-order valence-electron chi connectivity index (χ0n) is 15.9. The fourth-order valence-corrected chi connectivity index (χ4v) is 3.32. The van der Waals surface area contributed by atoms with Crippen LogP contribution in [0.2, 0.25) is 0 Å². The van der Waals surface area contributed by atoms with Gasteiger partial charge in [-0.2, -0.15) is 0 Å². The largest absolute Gasteiger partial charge is 0.484 e. The fourth-order valence-electron chi connectivity index (χ4n) is 2.62. The number of amides is 1. The first kappa shape index (κ1) is 19.1. The van der Waals surface area contributed by atoms with Crippen LogP contribution in [0.3, 0.4) is 0 Å². The van der Waals surface area contributed by atoms with Gasteiger partial charge in [0.25, 0.3) is 11.1 Å². The molecule has 29 heavy (non-hydrogen) atoms. The number of ether oxygens (including phenoxy) is 3. The highest BCUT2D eigenvalue weighted by atomic mass is 32.2. The number of aromatic nitrogens is 2. The fraction of sp³-hybridized carbons (Fsp3) is 0.250. The molecule has 0 saturated heterocycles. The molecule has 9 heteroatoms. The zero-order chi connectivity index (χ0) is 20.2. The van der Waals surface area contributed by atoms with Gasteiger partial charge in [0.15, 0.2) is 18.1 Å². The molecule has 1 amide bonds. The topological polar surface area (TPSA) is 95.7 Å². The highest BCUT2D eigenvalue weighted by Crippen LogP contribution is 2.34. The summed E-state index contributed by atoms with van der Waals surface area (Å²) in [7, 11) is 0. The SMILES string of the molecule is Cc1cccc(OCc2nnc(S[C@@H](C)C(=O)Nc3ccc4c(c3)OCO4)o2)c1. The Morgan fingerprint density at radius 1 is 1.21 bits per heavy atom. The predicted molar refractivity (Wildman–Crippen MR) is 106 cm³/mol. The number of thioether (sulfide) groups is 1. The molecule has 1 aromatic heterocycles. The normalized spacial score (nSPS) is 13.2. The summed E-state index contributed by atoms with van der Waals surface area (Å²) in [6, 6.07) is 12.9. The molecule has 2 heterocycles. The Balaban J connectivity index is 1.30. The van der Waals surface area contributed by atoms with Crippen LogP contribution in [0.15, 0.2) is 52.1 Å². The van der Waals surface area contributed by atoms with Crippen molar-refractivity contribution in [3.63, 3.8) is 0 Å². The molecule has 150 valence electrons. The van der Waals surface area contributed by atoms with Crippen molar-refractivity contribution in [1.29, 1.82) is 0 Å². The minimum Gasteiger partial charge on any atom is -0.484 e. The highest BCUT2D eigenvalue weighted by Gasteiger charge is 2.20. The van der Waals surface area contributed by atoms with E-state index in [-0.39, 0.29) is 19.3 Å². The van der Waals surface area contributed by atoms with E-state index in [9.17, 15) is 4.79 Å². The Bertz CT molecular complexity index is 1020. The van der Waals surface area contributed by atoms with E-state index in [0.29, 0.717) is 28.3 Å². The molecule has 0 radical (unpaired) electrons. The quantitative estimate of drug-likeness (QED) is 0.584. The van der Waals surface area contributed by atoms with Gasteiger partial charge in [-0.15, -0.1) is 10.2 Å². The molecule has 0 bridgehead atoms. The summed E-state index contributed by atoms with van der Waals surface area (Å²) < 4.78 is 21.8. The van der Waals surface area contributed by atoms with Crippen LogP contribution in [0, 0.1) is 6.92 Å². The van der Waals surface area contributed by atoms with Crippen LogP contribution in [-0.4, -0.2) is 28.1 Å². The zero-order valence-corrected chi connectivity index (χ0v) is 16.7. The summed E-state index contributed by atoms with van der Waals surface area (Å²) in [5, 5.41) is 10.6. The first-order valence-electron chi connectivity index (χ1n) is 8.96. The van der Waals surface area contributed by atoms with Crippen LogP contribution in [0.1, 0.15) is 18.4 Å². The lowest BCUT2D eigenvalue weighted by Crippen LogP contribution is -2.22. The van der Waals surface area contributed by atoms with Crippen molar-refractivity contribution >= 4 is 23.4 Å². The van der Waals surface area contributed by atoms with E-state index < -0.39 is 5.25 Å². The number of anilines is 1. The van der Waals surface area contributed by atoms with Crippen molar-refractivity contribution in [2.45, 2.75) is 30.9 Å². The second-order valence-corrected chi connectivity index (χ2v) is 7.68. The maximum Gasteiger partial charge on any atom is 0.277 e. The highest BCUT2D eigenvalue weighted by molar-refractivity contribution is 8.00. The Labute approximate surface area is 171 Å². The molecule has 4 rings (SSSR count). The van der Waals surface area contributed by atoms with Crippen LogP contribution >= 0.6 is 11.8 Å². The number of aryl methyl sites for hydroxylation is 1. The molecule has 1 aliphatic rings. The molecular weight excluding hydrogens is 394 g/mol. The van der Waals surface area contributed by atoms with E-state index in [2.05, 4.69) is 15.5 Å². The number of carbonyl (C=O) groups excluding carboxylic acids is 1. The molecule has 0 saturated carbocycles. The molecule has 0 spiro atoms. The van der Waals surface area contributed by atoms with Crippen molar-refractivity contribution in [3.05, 3.63) is 53.9 Å². The molecule has 0 fully saturated rings. The monoisotopic (exact) mass is 413 g/mol. The maximum atomic E-state index is 12.4. The molecule has 8 nitrogen and oxygen atoms in total. The van der Waals surface area contributed by atoms with Gasteiger partial charge in [-0.1, -0.05) is 23.9 Å². The van der Waals surface area contributed by atoms with E-state index in [0.717, 1.165) is 11.3 Å². The minimum atomic E-state index is -0.439. The van der Waals surface area contributed by atoms with E-state index in [1.54, 1.807) is 25.1 Å². The Morgan fingerprint density at radius 3 is 2.93 bits per heavy atom. The van der Waals surface area contributed by atoms with Gasteiger partial charge in [0.05, 0.1) is 5.25 Å². The van der Waals surface area contributed by atoms with Gasteiger partial charge in [-0.3, -0.25) is 4.79 Å². The first-order valence-corrected chi connectivity index (χ1v) is 9.84. The lowest BCUT2D eigenvalue weighted by molar-refractivity contribution is -0.115. The second-order valence-electron chi connectivity index (χ2n) is 6.38. The molecule has 3 aromatic rings. The number of rotatable bonds is 7. The summed E-state index contributed by atoms with van der Waals surface area (Å²) in [6.07, 6.45) is 0. The average Bonchev–Trinajstić information content (AvgIpc) is 3.35. The number of nitrogens with zero attached hydrogens (tertiary/aromatic N) is 2. The third-order valence-electron chi connectivity index (χ3n) is 4.09. The van der Waals surface area contributed by atoms with Gasteiger partial charge in [-0.05, 0) is 43.7 Å². The average molecular weight is 413 g/mol. The van der Waals surface area contributed by atoms with Gasteiger partial charge in [0, 0.05) is 11.8 Å². The van der Waals surface area contributed by atoms with Gasteiger partial charge >= 0.3 is 0 Å². The van der Waals surface area contributed by atoms with Crippen LogP contribution < -0.4 is 19.5 Å². The Hall–Kier alpha value is -3.20. The molecule has 2 aromatic carbocycles. The third kappa shape index (κ3) is 4.80. The molecular formula is C20H19N3O5S. The van der Waals surface area contributed by atoms with Crippen molar-refractivity contribution in [2.75, 3.05) is 12.1 Å². The number of carbonyl (C=O) groups is 1. The Morgan fingerprint density at radius 2 is 2.07 bits per heavy atom. The van der Waals surface area contributed by atoms with Crippen molar-refractivity contribution < 1.29 is 23.4 Å². The van der Waals surface area contributed by atoms with Crippen LogP contribution in [0.4, 0.5) is 5.69 Å². The van der Waals surface area contributed by atoms with Crippen LogP contribution in [-0.2, 0) is 11.4 Å². The third-order valence-corrected chi connectivity index (χ3v) is 5.02. The number of benzene rings is 2. The van der Waals surface area contributed by atoms with Crippen molar-refractivity contribution in [2.24, 2.45) is 0 Å². The standard InChI is InChI=1S/C20H19N3O5S/c1-12-4-3-5-15(8-12)25-10-18-22-23-20(28-18)29-13(2)19(24)21-14-6-7-16-17(9-14)27-11-26-16/h3-9,13H,10-11H2,1-2H3,(H,21,24)/t13-/m0/s1. The lowest BCUT2D eigenvalue weighted by Gasteiger charge is -2.10. The van der Waals surface area contributed by atoms with Gasteiger partial charge in [-0.25, -0.2) is 0 Å². The van der Waals surface area contributed by atoms with Gasteiger partial charge < -0.3 is 23.9 Å². The summed E-state index contributed by atoms with van der Waals surface area (Å²) in [5.74, 6) is 2.16.